The van der Waals surface area contributed by atoms with E-state index in [2.05, 4.69) is 10.3 Å². The summed E-state index contributed by atoms with van der Waals surface area (Å²) >= 11 is 0. The van der Waals surface area contributed by atoms with Gasteiger partial charge < -0.3 is 20.3 Å². The van der Waals surface area contributed by atoms with Crippen molar-refractivity contribution in [1.82, 2.24) is 9.88 Å². The molecule has 0 aliphatic heterocycles. The number of nitrogens with zero attached hydrogens (tertiary/aromatic N) is 1. The minimum atomic E-state index is -0.918. The second kappa shape index (κ2) is 5.87. The number of carbonyl (C=O) groups excluding carboxylic acids is 1. The van der Waals surface area contributed by atoms with Gasteiger partial charge in [-0.05, 0) is 36.1 Å². The van der Waals surface area contributed by atoms with Crippen LogP contribution in [-0.2, 0) is 4.79 Å². The topological polar surface area (TPSA) is 85.4 Å². The van der Waals surface area contributed by atoms with Crippen LogP contribution in [0.2, 0.25) is 0 Å². The lowest BCUT2D eigenvalue weighted by molar-refractivity contribution is -0.141. The number of aromatic nitrogens is 1. The first kappa shape index (κ1) is 14.9. The summed E-state index contributed by atoms with van der Waals surface area (Å²) in [5, 5.41) is 12.8. The molecule has 2 amide bonds. The lowest BCUT2D eigenvalue weighted by atomic mass is 10.1. The maximum atomic E-state index is 12.1. The summed E-state index contributed by atoms with van der Waals surface area (Å²) in [7, 11) is 1.58. The van der Waals surface area contributed by atoms with Gasteiger partial charge in [0, 0.05) is 31.0 Å². The van der Waals surface area contributed by atoms with E-state index in [1.807, 2.05) is 31.3 Å². The molecule has 0 fully saturated rings. The molecular formula is C15H19N3O3. The van der Waals surface area contributed by atoms with Crippen molar-refractivity contribution in [1.29, 1.82) is 0 Å². The molecule has 21 heavy (non-hydrogen) atoms. The first-order chi connectivity index (χ1) is 9.88. The Labute approximate surface area is 122 Å². The average molecular weight is 289 g/mol. The van der Waals surface area contributed by atoms with Gasteiger partial charge in [-0.1, -0.05) is 6.92 Å². The molecule has 0 saturated carbocycles. The number of carboxylic acids is 1. The molecule has 0 radical (unpaired) electrons. The van der Waals surface area contributed by atoms with Crippen molar-refractivity contribution in [2.75, 3.05) is 18.9 Å². The van der Waals surface area contributed by atoms with Gasteiger partial charge in [0.2, 0.25) is 0 Å². The number of amides is 2. The maximum Gasteiger partial charge on any atom is 0.321 e. The largest absolute Gasteiger partial charge is 0.481 e. The highest BCUT2D eigenvalue weighted by Crippen LogP contribution is 2.22. The number of urea groups is 1. The van der Waals surface area contributed by atoms with Crippen LogP contribution in [-0.4, -0.2) is 40.6 Å². The number of carbonyl (C=O) groups is 2. The third kappa shape index (κ3) is 3.34. The van der Waals surface area contributed by atoms with Crippen LogP contribution >= 0.6 is 0 Å². The molecular weight excluding hydrogens is 270 g/mol. The number of rotatable bonds is 4. The lowest BCUT2D eigenvalue weighted by Crippen LogP contribution is -2.36. The third-order valence-corrected chi connectivity index (χ3v) is 3.46. The van der Waals surface area contributed by atoms with Crippen LogP contribution in [0.3, 0.4) is 0 Å². The Morgan fingerprint density at radius 2 is 2.14 bits per heavy atom. The van der Waals surface area contributed by atoms with Crippen LogP contribution in [0.5, 0.6) is 0 Å². The van der Waals surface area contributed by atoms with E-state index in [-0.39, 0.29) is 12.6 Å². The summed E-state index contributed by atoms with van der Waals surface area (Å²) in [6.07, 6.45) is 1.84. The summed E-state index contributed by atoms with van der Waals surface area (Å²) in [5.41, 5.74) is 2.61. The van der Waals surface area contributed by atoms with E-state index in [4.69, 9.17) is 5.11 Å². The molecule has 0 saturated heterocycles. The number of nitrogens with one attached hydrogen (secondary N) is 2. The third-order valence-electron chi connectivity index (χ3n) is 3.46. The van der Waals surface area contributed by atoms with Crippen molar-refractivity contribution in [3.63, 3.8) is 0 Å². The number of anilines is 1. The number of hydrogen-bond donors (Lipinski definition) is 3. The van der Waals surface area contributed by atoms with Gasteiger partial charge >= 0.3 is 12.0 Å². The van der Waals surface area contributed by atoms with Crippen LogP contribution in [0.25, 0.3) is 10.9 Å². The quantitative estimate of drug-likeness (QED) is 0.809. The van der Waals surface area contributed by atoms with Gasteiger partial charge in [0.15, 0.2) is 0 Å². The Hall–Kier alpha value is -2.50. The monoisotopic (exact) mass is 289 g/mol. The molecule has 1 aromatic heterocycles. The van der Waals surface area contributed by atoms with E-state index < -0.39 is 11.9 Å². The highest BCUT2D eigenvalue weighted by atomic mass is 16.4. The number of benzene rings is 1. The van der Waals surface area contributed by atoms with Crippen molar-refractivity contribution < 1.29 is 14.7 Å². The van der Waals surface area contributed by atoms with E-state index in [1.54, 1.807) is 14.0 Å². The van der Waals surface area contributed by atoms with Crippen LogP contribution in [0.1, 0.15) is 12.5 Å². The maximum absolute atomic E-state index is 12.1. The predicted octanol–water partition coefficient (Wildman–Crippen LogP) is 2.66. The van der Waals surface area contributed by atoms with E-state index in [1.165, 1.54) is 4.90 Å². The fourth-order valence-electron chi connectivity index (χ4n) is 2.13. The standard InChI is InChI=1S/C15H19N3O3/c1-9-6-11-4-5-16-13(11)7-12(9)17-15(21)18(3)8-10(2)14(19)20/h4-7,10,16H,8H2,1-3H3,(H,17,21)(H,19,20). The molecule has 3 N–H and O–H groups in total. The second-order valence-corrected chi connectivity index (χ2v) is 5.28. The Bertz CT molecular complexity index is 678. The highest BCUT2D eigenvalue weighted by molar-refractivity contribution is 5.94. The molecule has 6 heteroatoms. The molecule has 112 valence electrons. The molecule has 0 spiro atoms. The normalized spacial score (nSPS) is 12.1. The Kier molecular flexibility index (Phi) is 4.16. The van der Waals surface area contributed by atoms with Gasteiger partial charge in [-0.25, -0.2) is 4.79 Å². The van der Waals surface area contributed by atoms with Gasteiger partial charge in [-0.3, -0.25) is 4.79 Å². The van der Waals surface area contributed by atoms with Crippen LogP contribution in [0.4, 0.5) is 10.5 Å². The predicted molar refractivity (Wildman–Crippen MR) is 81.5 cm³/mol. The molecule has 0 bridgehead atoms. The summed E-state index contributed by atoms with van der Waals surface area (Å²) < 4.78 is 0. The Balaban J connectivity index is 2.10. The fourth-order valence-corrected chi connectivity index (χ4v) is 2.13. The van der Waals surface area contributed by atoms with Crippen molar-refractivity contribution in [2.24, 2.45) is 5.92 Å². The zero-order chi connectivity index (χ0) is 15.6. The summed E-state index contributed by atoms with van der Waals surface area (Å²) in [4.78, 5) is 27.4. The van der Waals surface area contributed by atoms with Crippen LogP contribution < -0.4 is 5.32 Å². The SMILES string of the molecule is Cc1cc2cc[nH]c2cc1NC(=O)N(C)CC(C)C(=O)O. The van der Waals surface area contributed by atoms with Gasteiger partial charge in [0.1, 0.15) is 0 Å². The van der Waals surface area contributed by atoms with Crippen molar-refractivity contribution >= 4 is 28.6 Å². The summed E-state index contributed by atoms with van der Waals surface area (Å²) in [5.74, 6) is -1.52. The highest BCUT2D eigenvalue weighted by Gasteiger charge is 2.18. The molecule has 1 unspecified atom stereocenters. The Morgan fingerprint density at radius 1 is 1.43 bits per heavy atom. The molecule has 0 aliphatic rings. The number of aliphatic carboxylic acids is 1. The van der Waals surface area contributed by atoms with Gasteiger partial charge in [-0.2, -0.15) is 0 Å². The zero-order valence-electron chi connectivity index (χ0n) is 12.3. The second-order valence-electron chi connectivity index (χ2n) is 5.28. The molecule has 1 aromatic carbocycles. The molecule has 2 aromatic rings. The van der Waals surface area contributed by atoms with Gasteiger partial charge in [0.05, 0.1) is 5.92 Å². The first-order valence-corrected chi connectivity index (χ1v) is 6.71. The summed E-state index contributed by atoms with van der Waals surface area (Å²) in [6.45, 7) is 3.65. The molecule has 6 nitrogen and oxygen atoms in total. The fraction of sp³-hybridized carbons (Fsp3) is 0.333. The zero-order valence-corrected chi connectivity index (χ0v) is 12.3. The summed E-state index contributed by atoms with van der Waals surface area (Å²) in [6, 6.07) is 5.50. The number of hydrogen-bond acceptors (Lipinski definition) is 2. The minimum absolute atomic E-state index is 0.158. The number of fused-ring (bicyclic) bond motifs is 1. The molecule has 0 aliphatic carbocycles. The first-order valence-electron chi connectivity index (χ1n) is 6.71. The van der Waals surface area contributed by atoms with Crippen molar-refractivity contribution in [3.05, 3.63) is 30.0 Å². The van der Waals surface area contributed by atoms with Crippen molar-refractivity contribution in [2.45, 2.75) is 13.8 Å². The lowest BCUT2D eigenvalue weighted by Gasteiger charge is -2.20. The van der Waals surface area contributed by atoms with Crippen molar-refractivity contribution in [3.8, 4) is 0 Å². The van der Waals surface area contributed by atoms with Crippen LogP contribution in [0.15, 0.2) is 24.4 Å². The smallest absolute Gasteiger partial charge is 0.321 e. The van der Waals surface area contributed by atoms with Crippen LogP contribution in [0, 0.1) is 12.8 Å². The Morgan fingerprint density at radius 3 is 2.81 bits per heavy atom. The van der Waals surface area contributed by atoms with E-state index in [0.717, 1.165) is 16.5 Å². The number of aryl methyl sites for hydroxylation is 1. The number of H-pyrrole nitrogens is 1. The van der Waals surface area contributed by atoms with E-state index in [0.29, 0.717) is 5.69 Å². The minimum Gasteiger partial charge on any atom is -0.481 e. The molecule has 1 atom stereocenters. The van der Waals surface area contributed by atoms with Gasteiger partial charge in [0.25, 0.3) is 0 Å². The van der Waals surface area contributed by atoms with Gasteiger partial charge in [-0.15, -0.1) is 0 Å². The average Bonchev–Trinajstić information content (AvgIpc) is 2.85. The van der Waals surface area contributed by atoms with E-state index >= 15 is 0 Å². The molecule has 1 heterocycles. The number of aromatic amines is 1. The van der Waals surface area contributed by atoms with E-state index in [9.17, 15) is 9.59 Å². The molecule has 2 rings (SSSR count). The number of carboxylic acid groups (broad SMARTS) is 1.